The van der Waals surface area contributed by atoms with Crippen LogP contribution in [-0.2, 0) is 13.0 Å². The van der Waals surface area contributed by atoms with Crippen molar-refractivity contribution >= 4 is 10.9 Å². The highest BCUT2D eigenvalue weighted by atomic mass is 19.4. The fourth-order valence-electron chi connectivity index (χ4n) is 3.69. The summed E-state index contributed by atoms with van der Waals surface area (Å²) in [5.41, 5.74) is 2.88. The molecule has 1 aromatic carbocycles. The van der Waals surface area contributed by atoms with E-state index >= 15 is 0 Å². The number of alkyl halides is 3. The molecule has 2 nitrogen and oxygen atoms in total. The summed E-state index contributed by atoms with van der Waals surface area (Å²) in [5.74, 6) is 0. The van der Waals surface area contributed by atoms with Gasteiger partial charge in [-0.05, 0) is 56.5 Å². The van der Waals surface area contributed by atoms with E-state index in [1.165, 1.54) is 18.1 Å². The van der Waals surface area contributed by atoms with Gasteiger partial charge in [0.05, 0.1) is 10.9 Å². The number of likely N-dealkylation sites (tertiary alicyclic amines) is 1. The molecule has 1 aliphatic rings. The normalized spacial score (nSPS) is 18.6. The molecule has 0 aliphatic carbocycles. The molecule has 0 unspecified atom stereocenters. The van der Waals surface area contributed by atoms with Gasteiger partial charge in [-0.3, -0.25) is 9.88 Å². The van der Waals surface area contributed by atoms with Crippen LogP contribution < -0.4 is 0 Å². The molecule has 0 spiro atoms. The van der Waals surface area contributed by atoms with Crippen LogP contribution in [0.3, 0.4) is 0 Å². The summed E-state index contributed by atoms with van der Waals surface area (Å²) in [6, 6.07) is 8.07. The van der Waals surface area contributed by atoms with Gasteiger partial charge in [-0.2, -0.15) is 13.2 Å². The minimum atomic E-state index is -4.12. The van der Waals surface area contributed by atoms with E-state index in [0.717, 1.165) is 23.0 Å². The van der Waals surface area contributed by atoms with Crippen LogP contribution in [0.1, 0.15) is 43.5 Å². The van der Waals surface area contributed by atoms with Gasteiger partial charge in [0.1, 0.15) is 0 Å². The Kier molecular flexibility index (Phi) is 4.80. The maximum absolute atomic E-state index is 13.2. The lowest BCUT2D eigenvalue weighted by molar-refractivity contribution is -0.231. The molecule has 0 amide bonds. The summed E-state index contributed by atoms with van der Waals surface area (Å²) in [6.45, 7) is 7.17. The van der Waals surface area contributed by atoms with Crippen LogP contribution in [-0.4, -0.2) is 29.1 Å². The van der Waals surface area contributed by atoms with Crippen molar-refractivity contribution in [1.29, 1.82) is 0 Å². The largest absolute Gasteiger partial charge is 0.394 e. The standard InChI is InChI=1S/C20H25F3N2/c1-4-17-16(14(2)15-7-5-6-8-18(15)24-17)13-25-11-9-19(3,10-12-25)20(21,22)23/h5-8H,4,9-13H2,1-3H3. The molecule has 2 heterocycles. The van der Waals surface area contributed by atoms with Gasteiger partial charge in [0.2, 0.25) is 0 Å². The molecule has 1 aliphatic heterocycles. The van der Waals surface area contributed by atoms with Gasteiger partial charge in [-0.25, -0.2) is 0 Å². The van der Waals surface area contributed by atoms with Gasteiger partial charge in [0.15, 0.2) is 0 Å². The van der Waals surface area contributed by atoms with Crippen molar-refractivity contribution in [2.45, 2.75) is 52.8 Å². The van der Waals surface area contributed by atoms with Crippen LogP contribution in [0.25, 0.3) is 10.9 Å². The quantitative estimate of drug-likeness (QED) is 0.750. The van der Waals surface area contributed by atoms with E-state index in [1.807, 2.05) is 18.2 Å². The predicted octanol–water partition coefficient (Wildman–Crippen LogP) is 5.27. The molecule has 2 aromatic rings. The summed E-state index contributed by atoms with van der Waals surface area (Å²) < 4.78 is 39.6. The van der Waals surface area contributed by atoms with E-state index in [1.54, 1.807) is 0 Å². The van der Waals surface area contributed by atoms with E-state index in [-0.39, 0.29) is 12.8 Å². The molecule has 0 bridgehead atoms. The SMILES string of the molecule is CCc1nc2ccccc2c(C)c1CN1CCC(C)(C(F)(F)F)CC1. The first-order chi connectivity index (χ1) is 11.7. The average Bonchev–Trinajstić information content (AvgIpc) is 2.58. The summed E-state index contributed by atoms with van der Waals surface area (Å²) in [5, 5.41) is 1.13. The maximum atomic E-state index is 13.2. The summed E-state index contributed by atoms with van der Waals surface area (Å²) in [6.07, 6.45) is -2.96. The van der Waals surface area contributed by atoms with Gasteiger partial charge < -0.3 is 0 Å². The molecule has 5 heteroatoms. The van der Waals surface area contributed by atoms with Crippen molar-refractivity contribution in [3.8, 4) is 0 Å². The van der Waals surface area contributed by atoms with Crippen molar-refractivity contribution in [2.24, 2.45) is 5.41 Å². The summed E-state index contributed by atoms with van der Waals surface area (Å²) >= 11 is 0. The monoisotopic (exact) mass is 350 g/mol. The Bertz CT molecular complexity index is 759. The highest BCUT2D eigenvalue weighted by Gasteiger charge is 2.51. The van der Waals surface area contributed by atoms with Crippen molar-refractivity contribution in [2.75, 3.05) is 13.1 Å². The number of halogens is 3. The molecule has 3 rings (SSSR count). The third kappa shape index (κ3) is 3.39. The summed E-state index contributed by atoms with van der Waals surface area (Å²) in [4.78, 5) is 6.93. The van der Waals surface area contributed by atoms with Crippen molar-refractivity contribution in [3.05, 3.63) is 41.1 Å². The number of aromatic nitrogens is 1. The molecule has 1 aromatic heterocycles. The Labute approximate surface area is 147 Å². The van der Waals surface area contributed by atoms with Crippen LogP contribution in [0, 0.1) is 12.3 Å². The number of aryl methyl sites for hydroxylation is 2. The second-order valence-corrected chi connectivity index (χ2v) is 7.37. The zero-order chi connectivity index (χ0) is 18.2. The van der Waals surface area contributed by atoms with Crippen LogP contribution in [0.15, 0.2) is 24.3 Å². The minimum Gasteiger partial charge on any atom is -0.299 e. The number of benzene rings is 1. The average molecular weight is 350 g/mol. The van der Waals surface area contributed by atoms with Gasteiger partial charge in [-0.1, -0.05) is 32.0 Å². The van der Waals surface area contributed by atoms with Gasteiger partial charge in [-0.15, -0.1) is 0 Å². The molecular weight excluding hydrogens is 325 g/mol. The molecule has 0 saturated carbocycles. The second-order valence-electron chi connectivity index (χ2n) is 7.37. The van der Waals surface area contributed by atoms with Crippen LogP contribution in [0.5, 0.6) is 0 Å². The number of pyridine rings is 1. The number of piperidine rings is 1. The van der Waals surface area contributed by atoms with E-state index < -0.39 is 11.6 Å². The molecule has 0 atom stereocenters. The van der Waals surface area contributed by atoms with Crippen molar-refractivity contribution in [3.63, 3.8) is 0 Å². The Morgan fingerprint density at radius 3 is 2.40 bits per heavy atom. The van der Waals surface area contributed by atoms with Crippen LogP contribution >= 0.6 is 0 Å². The number of fused-ring (bicyclic) bond motifs is 1. The number of rotatable bonds is 3. The van der Waals surface area contributed by atoms with Gasteiger partial charge >= 0.3 is 6.18 Å². The number of hydrogen-bond acceptors (Lipinski definition) is 2. The predicted molar refractivity (Wildman–Crippen MR) is 94.5 cm³/mol. The molecule has 1 fully saturated rings. The fourth-order valence-corrected chi connectivity index (χ4v) is 3.69. The lowest BCUT2D eigenvalue weighted by atomic mass is 9.79. The smallest absolute Gasteiger partial charge is 0.299 e. The molecule has 1 saturated heterocycles. The van der Waals surface area contributed by atoms with E-state index in [9.17, 15) is 13.2 Å². The van der Waals surface area contributed by atoms with Crippen molar-refractivity contribution in [1.82, 2.24) is 9.88 Å². The molecular formula is C20H25F3N2. The molecule has 25 heavy (non-hydrogen) atoms. The van der Waals surface area contributed by atoms with Gasteiger partial charge in [0, 0.05) is 17.6 Å². The first-order valence-corrected chi connectivity index (χ1v) is 8.91. The minimum absolute atomic E-state index is 0.165. The molecule has 0 N–H and O–H groups in total. The van der Waals surface area contributed by atoms with E-state index in [4.69, 9.17) is 4.98 Å². The van der Waals surface area contributed by atoms with E-state index in [2.05, 4.69) is 24.8 Å². The number of nitrogens with zero attached hydrogens (tertiary/aromatic N) is 2. The first kappa shape index (κ1) is 18.2. The zero-order valence-electron chi connectivity index (χ0n) is 15.1. The Balaban J connectivity index is 1.83. The third-order valence-corrected chi connectivity index (χ3v) is 5.73. The zero-order valence-corrected chi connectivity index (χ0v) is 15.1. The van der Waals surface area contributed by atoms with Crippen LogP contribution in [0.4, 0.5) is 13.2 Å². The fraction of sp³-hybridized carbons (Fsp3) is 0.550. The van der Waals surface area contributed by atoms with E-state index in [0.29, 0.717) is 19.6 Å². The highest BCUT2D eigenvalue weighted by molar-refractivity contribution is 5.83. The number of para-hydroxylation sites is 1. The lowest BCUT2D eigenvalue weighted by Gasteiger charge is -2.40. The Morgan fingerprint density at radius 1 is 1.16 bits per heavy atom. The Morgan fingerprint density at radius 2 is 1.80 bits per heavy atom. The van der Waals surface area contributed by atoms with Gasteiger partial charge in [0.25, 0.3) is 0 Å². The highest BCUT2D eigenvalue weighted by Crippen LogP contribution is 2.46. The van der Waals surface area contributed by atoms with Crippen LogP contribution in [0.2, 0.25) is 0 Å². The molecule has 0 radical (unpaired) electrons. The second kappa shape index (κ2) is 6.60. The Hall–Kier alpha value is -1.62. The number of hydrogen-bond donors (Lipinski definition) is 0. The maximum Gasteiger partial charge on any atom is 0.394 e. The van der Waals surface area contributed by atoms with Crippen molar-refractivity contribution < 1.29 is 13.2 Å². The summed E-state index contributed by atoms with van der Waals surface area (Å²) in [7, 11) is 0. The first-order valence-electron chi connectivity index (χ1n) is 8.91. The topological polar surface area (TPSA) is 16.1 Å². The third-order valence-electron chi connectivity index (χ3n) is 5.73. The molecule has 136 valence electrons. The lowest BCUT2D eigenvalue weighted by Crippen LogP contribution is -2.46.